The minimum atomic E-state index is 0.667. The Morgan fingerprint density at radius 1 is 1.18 bits per heavy atom. The quantitative estimate of drug-likeness (QED) is 0.650. The summed E-state index contributed by atoms with van der Waals surface area (Å²) >= 11 is 0. The van der Waals surface area contributed by atoms with Gasteiger partial charge in [0.15, 0.2) is 11.6 Å². The van der Waals surface area contributed by atoms with Crippen LogP contribution in [0.3, 0.4) is 0 Å². The zero-order chi connectivity index (χ0) is 15.1. The molecule has 0 saturated carbocycles. The SMILES string of the molecule is CN(C)c1cc2c(nn1)CCN(c1nccn3nnnc13)C2. The first kappa shape index (κ1) is 12.9. The van der Waals surface area contributed by atoms with Gasteiger partial charge in [-0.1, -0.05) is 0 Å². The lowest BCUT2D eigenvalue weighted by Crippen LogP contribution is -2.32. The number of hydrogen-bond donors (Lipinski definition) is 0. The maximum Gasteiger partial charge on any atom is 0.221 e. The molecule has 0 bridgehead atoms. The fourth-order valence-electron chi connectivity index (χ4n) is 2.61. The molecule has 0 fully saturated rings. The highest BCUT2D eigenvalue weighted by Gasteiger charge is 2.22. The number of anilines is 2. The molecule has 0 unspecified atom stereocenters. The van der Waals surface area contributed by atoms with Crippen LogP contribution in [-0.2, 0) is 13.0 Å². The molecule has 0 amide bonds. The fourth-order valence-corrected chi connectivity index (χ4v) is 2.61. The number of aromatic nitrogens is 7. The first-order chi connectivity index (χ1) is 10.7. The Balaban J connectivity index is 1.72. The van der Waals surface area contributed by atoms with Crippen molar-refractivity contribution in [1.82, 2.24) is 35.2 Å². The molecule has 9 heteroatoms. The normalized spacial score (nSPS) is 14.2. The van der Waals surface area contributed by atoms with Crippen LogP contribution in [0.15, 0.2) is 18.5 Å². The first-order valence-corrected chi connectivity index (χ1v) is 7.03. The van der Waals surface area contributed by atoms with Crippen LogP contribution in [0.25, 0.3) is 5.65 Å². The van der Waals surface area contributed by atoms with Gasteiger partial charge in [-0.25, -0.2) is 4.98 Å². The molecule has 3 aromatic rings. The Bertz CT molecular complexity index is 825. The van der Waals surface area contributed by atoms with Crippen molar-refractivity contribution in [2.45, 2.75) is 13.0 Å². The average Bonchev–Trinajstić information content (AvgIpc) is 3.02. The molecule has 4 heterocycles. The van der Waals surface area contributed by atoms with E-state index in [4.69, 9.17) is 0 Å². The number of tetrazole rings is 1. The lowest BCUT2D eigenvalue weighted by Gasteiger charge is -2.29. The van der Waals surface area contributed by atoms with Gasteiger partial charge in [-0.3, -0.25) is 0 Å². The Morgan fingerprint density at radius 3 is 2.95 bits per heavy atom. The number of nitrogens with zero attached hydrogens (tertiary/aromatic N) is 9. The van der Waals surface area contributed by atoms with E-state index in [-0.39, 0.29) is 0 Å². The van der Waals surface area contributed by atoms with Crippen LogP contribution in [-0.4, -0.2) is 55.9 Å². The standard InChI is InChI=1S/C13H15N9/c1-20(2)11-7-9-8-21(5-3-10(9)15-16-11)12-13-17-18-19-22(13)6-4-14-12/h4,6-7H,3,5,8H2,1-2H3. The molecular formula is C13H15N9. The number of hydrogen-bond acceptors (Lipinski definition) is 8. The van der Waals surface area contributed by atoms with Crippen molar-refractivity contribution in [2.24, 2.45) is 0 Å². The molecular weight excluding hydrogens is 282 g/mol. The Labute approximate surface area is 126 Å². The van der Waals surface area contributed by atoms with Gasteiger partial charge in [-0.05, 0) is 22.1 Å². The van der Waals surface area contributed by atoms with Crippen molar-refractivity contribution in [3.63, 3.8) is 0 Å². The van der Waals surface area contributed by atoms with Crippen molar-refractivity contribution in [3.8, 4) is 0 Å². The highest BCUT2D eigenvalue weighted by atomic mass is 15.5. The van der Waals surface area contributed by atoms with E-state index < -0.39 is 0 Å². The molecule has 1 aliphatic rings. The van der Waals surface area contributed by atoms with Crippen molar-refractivity contribution in [2.75, 3.05) is 30.4 Å². The van der Waals surface area contributed by atoms with Gasteiger partial charge in [-0.2, -0.15) is 9.61 Å². The van der Waals surface area contributed by atoms with E-state index in [9.17, 15) is 0 Å². The molecule has 3 aromatic heterocycles. The predicted octanol–water partition coefficient (Wildman–Crippen LogP) is -0.0620. The van der Waals surface area contributed by atoms with Gasteiger partial charge >= 0.3 is 0 Å². The minimum Gasteiger partial charge on any atom is -0.361 e. The van der Waals surface area contributed by atoms with Crippen LogP contribution in [0.1, 0.15) is 11.3 Å². The lowest BCUT2D eigenvalue weighted by molar-refractivity contribution is 0.685. The summed E-state index contributed by atoms with van der Waals surface area (Å²) in [6, 6.07) is 2.08. The summed E-state index contributed by atoms with van der Waals surface area (Å²) in [5.74, 6) is 1.65. The largest absolute Gasteiger partial charge is 0.361 e. The molecule has 22 heavy (non-hydrogen) atoms. The van der Waals surface area contributed by atoms with Gasteiger partial charge in [0.1, 0.15) is 0 Å². The third kappa shape index (κ3) is 2.01. The summed E-state index contributed by atoms with van der Waals surface area (Å²) in [6.07, 6.45) is 4.29. The highest BCUT2D eigenvalue weighted by molar-refractivity contribution is 5.63. The van der Waals surface area contributed by atoms with Gasteiger partial charge in [0.2, 0.25) is 5.65 Å². The molecule has 0 radical (unpaired) electrons. The summed E-state index contributed by atoms with van der Waals surface area (Å²) < 4.78 is 1.63. The fraction of sp³-hybridized carbons (Fsp3) is 0.385. The van der Waals surface area contributed by atoms with Crippen LogP contribution in [0.5, 0.6) is 0 Å². The molecule has 9 nitrogen and oxygen atoms in total. The molecule has 4 rings (SSSR count). The second-order valence-electron chi connectivity index (χ2n) is 5.44. The minimum absolute atomic E-state index is 0.667. The van der Waals surface area contributed by atoms with E-state index in [1.54, 1.807) is 16.9 Å². The third-order valence-electron chi connectivity index (χ3n) is 3.78. The summed E-state index contributed by atoms with van der Waals surface area (Å²) in [4.78, 5) is 8.58. The van der Waals surface area contributed by atoms with E-state index in [2.05, 4.69) is 41.7 Å². The zero-order valence-electron chi connectivity index (χ0n) is 12.4. The summed E-state index contributed by atoms with van der Waals surface area (Å²) in [6.45, 7) is 1.55. The van der Waals surface area contributed by atoms with Gasteiger partial charge in [0, 0.05) is 39.8 Å². The molecule has 0 aliphatic carbocycles. The Morgan fingerprint density at radius 2 is 2.09 bits per heavy atom. The Kier molecular flexibility index (Phi) is 2.84. The van der Waals surface area contributed by atoms with Crippen molar-refractivity contribution in [3.05, 3.63) is 29.7 Å². The molecule has 0 N–H and O–H groups in total. The third-order valence-corrected chi connectivity index (χ3v) is 3.78. The van der Waals surface area contributed by atoms with E-state index in [0.717, 1.165) is 36.8 Å². The van der Waals surface area contributed by atoms with Gasteiger partial charge < -0.3 is 9.80 Å². The maximum absolute atomic E-state index is 4.45. The smallest absolute Gasteiger partial charge is 0.221 e. The molecule has 112 valence electrons. The van der Waals surface area contributed by atoms with E-state index in [1.165, 1.54) is 5.56 Å². The molecule has 0 spiro atoms. The molecule has 0 aromatic carbocycles. The van der Waals surface area contributed by atoms with E-state index >= 15 is 0 Å². The first-order valence-electron chi connectivity index (χ1n) is 7.03. The van der Waals surface area contributed by atoms with E-state index in [0.29, 0.717) is 5.65 Å². The van der Waals surface area contributed by atoms with Gasteiger partial charge in [-0.15, -0.1) is 10.2 Å². The van der Waals surface area contributed by atoms with Crippen LogP contribution in [0.4, 0.5) is 11.6 Å². The molecule has 0 saturated heterocycles. The second-order valence-corrected chi connectivity index (χ2v) is 5.44. The average molecular weight is 297 g/mol. The Hall–Kier alpha value is -2.84. The monoisotopic (exact) mass is 297 g/mol. The van der Waals surface area contributed by atoms with Gasteiger partial charge in [0.05, 0.1) is 11.9 Å². The van der Waals surface area contributed by atoms with Crippen LogP contribution < -0.4 is 9.80 Å². The maximum atomic E-state index is 4.45. The van der Waals surface area contributed by atoms with Gasteiger partial charge in [0.25, 0.3) is 0 Å². The van der Waals surface area contributed by atoms with E-state index in [1.807, 2.05) is 19.0 Å². The van der Waals surface area contributed by atoms with Crippen molar-refractivity contribution < 1.29 is 0 Å². The number of fused-ring (bicyclic) bond motifs is 2. The summed E-state index contributed by atoms with van der Waals surface area (Å²) in [7, 11) is 3.92. The van der Waals surface area contributed by atoms with Crippen molar-refractivity contribution in [1.29, 1.82) is 0 Å². The highest BCUT2D eigenvalue weighted by Crippen LogP contribution is 2.25. The zero-order valence-corrected chi connectivity index (χ0v) is 12.4. The van der Waals surface area contributed by atoms with Crippen LogP contribution in [0, 0.1) is 0 Å². The topological polar surface area (TPSA) is 88.2 Å². The number of rotatable bonds is 2. The predicted molar refractivity (Wildman–Crippen MR) is 79.7 cm³/mol. The van der Waals surface area contributed by atoms with Crippen LogP contribution >= 0.6 is 0 Å². The lowest BCUT2D eigenvalue weighted by atomic mass is 10.1. The van der Waals surface area contributed by atoms with Crippen LogP contribution in [0.2, 0.25) is 0 Å². The summed E-state index contributed by atoms with van der Waals surface area (Å²) in [5, 5.41) is 20.3. The summed E-state index contributed by atoms with van der Waals surface area (Å²) in [5.41, 5.74) is 2.88. The second kappa shape index (κ2) is 4.86. The molecule has 1 aliphatic heterocycles. The molecule has 0 atom stereocenters. The van der Waals surface area contributed by atoms with Crippen molar-refractivity contribution >= 4 is 17.3 Å².